The van der Waals surface area contributed by atoms with Gasteiger partial charge in [0.1, 0.15) is 11.5 Å². The van der Waals surface area contributed by atoms with E-state index < -0.39 is 0 Å². The van der Waals surface area contributed by atoms with Crippen molar-refractivity contribution in [1.29, 1.82) is 0 Å². The summed E-state index contributed by atoms with van der Waals surface area (Å²) in [6.45, 7) is 2.15. The Labute approximate surface area is 169 Å². The molecule has 5 nitrogen and oxygen atoms in total. The molecule has 0 bridgehead atoms. The molecule has 0 atom stereocenters. The van der Waals surface area contributed by atoms with Crippen LogP contribution in [0, 0.1) is 0 Å². The Morgan fingerprint density at radius 2 is 1.62 bits per heavy atom. The van der Waals surface area contributed by atoms with Gasteiger partial charge in [0, 0.05) is 17.2 Å². The zero-order valence-electron chi connectivity index (χ0n) is 16.3. The number of hydrogen-bond donors (Lipinski definition) is 2. The van der Waals surface area contributed by atoms with Crippen LogP contribution >= 0.6 is 0 Å². The summed E-state index contributed by atoms with van der Waals surface area (Å²) in [6.07, 6.45) is 8.15. The van der Waals surface area contributed by atoms with Crippen LogP contribution in [0.5, 0.6) is 17.2 Å². The average molecular weight is 389 g/mol. The Balaban J connectivity index is 1.71. The van der Waals surface area contributed by atoms with Crippen molar-refractivity contribution in [3.05, 3.63) is 70.3 Å². The first-order chi connectivity index (χ1) is 14.0. The van der Waals surface area contributed by atoms with E-state index in [1.54, 1.807) is 12.2 Å². The van der Waals surface area contributed by atoms with Crippen molar-refractivity contribution in [3.63, 3.8) is 0 Å². The first kappa shape index (κ1) is 19.0. The number of nitrogens with two attached hydrogens (primary N) is 1. The van der Waals surface area contributed by atoms with Crippen molar-refractivity contribution in [2.75, 3.05) is 5.73 Å². The van der Waals surface area contributed by atoms with Crippen LogP contribution in [-0.4, -0.2) is 16.7 Å². The first-order valence-electron chi connectivity index (χ1n) is 9.93. The Morgan fingerprint density at radius 1 is 1.00 bits per heavy atom. The smallest absolute Gasteiger partial charge is 0.197 e. The van der Waals surface area contributed by atoms with Crippen molar-refractivity contribution in [1.82, 2.24) is 0 Å². The lowest BCUT2D eigenvalue weighted by Gasteiger charge is -2.24. The summed E-state index contributed by atoms with van der Waals surface area (Å²) < 4.78 is 5.85. The van der Waals surface area contributed by atoms with Gasteiger partial charge in [-0.2, -0.15) is 0 Å². The molecule has 0 heterocycles. The fraction of sp³-hybridized carbons (Fsp3) is 0.250. The Kier molecular flexibility index (Phi) is 4.97. The molecule has 4 rings (SSSR count). The number of hydrogen-bond acceptors (Lipinski definition) is 5. The van der Waals surface area contributed by atoms with Gasteiger partial charge in [0.15, 0.2) is 17.3 Å². The summed E-state index contributed by atoms with van der Waals surface area (Å²) in [7, 11) is 0. The molecule has 29 heavy (non-hydrogen) atoms. The predicted octanol–water partition coefficient (Wildman–Crippen LogP) is 5.13. The monoisotopic (exact) mass is 389 g/mol. The lowest BCUT2D eigenvalue weighted by Crippen LogP contribution is -2.25. The zero-order chi connectivity index (χ0) is 20.5. The highest BCUT2D eigenvalue weighted by Gasteiger charge is 2.38. The van der Waals surface area contributed by atoms with Gasteiger partial charge >= 0.3 is 0 Å². The topological polar surface area (TPSA) is 89.6 Å². The van der Waals surface area contributed by atoms with Gasteiger partial charge in [-0.05, 0) is 43.4 Å². The van der Waals surface area contributed by atoms with Crippen molar-refractivity contribution < 1.29 is 19.4 Å². The fourth-order valence-electron chi connectivity index (χ4n) is 3.82. The number of Topliss-reactive ketones (excluding diaryl/α,β-unsaturated/α-hetero) is 2. The van der Waals surface area contributed by atoms with Gasteiger partial charge in [-0.25, -0.2) is 0 Å². The van der Waals surface area contributed by atoms with Gasteiger partial charge in [-0.3, -0.25) is 9.59 Å². The molecule has 3 N–H and O–H groups in total. The second-order valence-corrected chi connectivity index (χ2v) is 7.38. The van der Waals surface area contributed by atoms with Crippen molar-refractivity contribution in [2.45, 2.75) is 39.0 Å². The summed E-state index contributed by atoms with van der Waals surface area (Å²) in [6, 6.07) is 8.94. The maximum atomic E-state index is 13.0. The third-order valence-corrected chi connectivity index (χ3v) is 5.38. The molecule has 0 aliphatic heterocycles. The lowest BCUT2D eigenvalue weighted by molar-refractivity contribution is 0.0969. The minimum absolute atomic E-state index is 0.0230. The van der Waals surface area contributed by atoms with Gasteiger partial charge in [-0.1, -0.05) is 37.6 Å². The third-order valence-electron chi connectivity index (χ3n) is 5.38. The molecule has 0 radical (unpaired) electrons. The Bertz CT molecular complexity index is 1060. The van der Waals surface area contributed by atoms with Crippen molar-refractivity contribution in [3.8, 4) is 17.2 Å². The zero-order valence-corrected chi connectivity index (χ0v) is 16.3. The minimum Gasteiger partial charge on any atom is -0.507 e. The molecular weight excluding hydrogens is 366 g/mol. The first-order valence-corrected chi connectivity index (χ1v) is 9.93. The number of ketones is 2. The predicted molar refractivity (Wildman–Crippen MR) is 112 cm³/mol. The molecule has 2 aromatic rings. The quantitative estimate of drug-likeness (QED) is 0.546. The number of fused-ring (bicyclic) bond motifs is 2. The number of carbonyl (C=O) groups excluding carboxylic acids is 2. The standard InChI is InChI=1S/C24H23NO4/c1-2-3-6-14-9-11-15(12-10-14)29-19-13-18(26)20-21(22(19)25)24(28)17-8-5-4-7-16(17)23(20)27/h7-13,26H,2-6,25H2,1H3. The minimum atomic E-state index is -0.374. The molecule has 5 heteroatoms. The second-order valence-electron chi connectivity index (χ2n) is 7.38. The van der Waals surface area contributed by atoms with Crippen LogP contribution in [0.15, 0.2) is 53.6 Å². The highest BCUT2D eigenvalue weighted by atomic mass is 16.5. The summed E-state index contributed by atoms with van der Waals surface area (Å²) >= 11 is 0. The third kappa shape index (κ3) is 3.33. The van der Waals surface area contributed by atoms with E-state index in [4.69, 9.17) is 10.5 Å². The summed E-state index contributed by atoms with van der Waals surface area (Å²) in [4.78, 5) is 25.9. The highest BCUT2D eigenvalue weighted by Crippen LogP contribution is 2.44. The molecule has 0 spiro atoms. The van der Waals surface area contributed by atoms with E-state index in [0.29, 0.717) is 29.7 Å². The van der Waals surface area contributed by atoms with Crippen LogP contribution in [0.25, 0.3) is 0 Å². The SMILES string of the molecule is CCCCc1ccc(Oc2cc(O)c3c(c2N)C(=O)C2=CCCC=C2C3=O)cc1. The summed E-state index contributed by atoms with van der Waals surface area (Å²) in [5, 5.41) is 10.5. The maximum absolute atomic E-state index is 13.0. The van der Waals surface area contributed by atoms with E-state index >= 15 is 0 Å². The second kappa shape index (κ2) is 7.59. The number of unbranched alkanes of at least 4 members (excludes halogenated alkanes) is 1. The summed E-state index contributed by atoms with van der Waals surface area (Å²) in [5.74, 6) is -0.316. The molecule has 0 saturated heterocycles. The van der Waals surface area contributed by atoms with Gasteiger partial charge in [-0.15, -0.1) is 0 Å². The maximum Gasteiger partial charge on any atom is 0.197 e. The van der Waals surface area contributed by atoms with Crippen LogP contribution in [0.2, 0.25) is 0 Å². The van der Waals surface area contributed by atoms with E-state index in [9.17, 15) is 14.7 Å². The van der Waals surface area contributed by atoms with Crippen LogP contribution in [0.1, 0.15) is 58.9 Å². The van der Waals surface area contributed by atoms with Crippen molar-refractivity contribution >= 4 is 17.3 Å². The number of rotatable bonds is 5. The highest BCUT2D eigenvalue weighted by molar-refractivity contribution is 6.33. The molecule has 0 unspecified atom stereocenters. The molecule has 0 aromatic heterocycles. The molecule has 0 amide bonds. The number of phenolic OH excluding ortho intramolecular Hbond substituents is 1. The molecule has 2 aliphatic carbocycles. The molecule has 0 fully saturated rings. The Hall–Kier alpha value is -3.34. The molecule has 2 aliphatic rings. The normalized spacial score (nSPS) is 15.3. The number of aromatic hydroxyl groups is 1. The number of allylic oxidation sites excluding steroid dienone is 4. The van der Waals surface area contributed by atoms with E-state index in [-0.39, 0.29) is 39.9 Å². The summed E-state index contributed by atoms with van der Waals surface area (Å²) in [5.41, 5.74) is 8.20. The molecule has 148 valence electrons. The van der Waals surface area contributed by atoms with E-state index in [1.807, 2.05) is 24.3 Å². The van der Waals surface area contributed by atoms with Crippen molar-refractivity contribution in [2.24, 2.45) is 0 Å². The lowest BCUT2D eigenvalue weighted by atomic mass is 9.78. The number of aryl methyl sites for hydroxylation is 1. The van der Waals surface area contributed by atoms with Crippen LogP contribution in [-0.2, 0) is 6.42 Å². The van der Waals surface area contributed by atoms with Crippen LogP contribution < -0.4 is 10.5 Å². The number of benzene rings is 2. The number of phenols is 1. The number of ether oxygens (including phenoxy) is 1. The number of anilines is 1. The average Bonchev–Trinajstić information content (AvgIpc) is 2.74. The van der Waals surface area contributed by atoms with E-state index in [2.05, 4.69) is 6.92 Å². The largest absolute Gasteiger partial charge is 0.507 e. The van der Waals surface area contributed by atoms with E-state index in [1.165, 1.54) is 11.6 Å². The Morgan fingerprint density at radius 3 is 2.24 bits per heavy atom. The fourth-order valence-corrected chi connectivity index (χ4v) is 3.82. The molecule has 0 saturated carbocycles. The van der Waals surface area contributed by atoms with Gasteiger partial charge in [0.2, 0.25) is 0 Å². The van der Waals surface area contributed by atoms with Gasteiger partial charge in [0.05, 0.1) is 16.8 Å². The van der Waals surface area contributed by atoms with Crippen LogP contribution in [0.4, 0.5) is 5.69 Å². The van der Waals surface area contributed by atoms with E-state index in [0.717, 1.165) is 19.3 Å². The van der Waals surface area contributed by atoms with Gasteiger partial charge < -0.3 is 15.6 Å². The van der Waals surface area contributed by atoms with Crippen LogP contribution in [0.3, 0.4) is 0 Å². The van der Waals surface area contributed by atoms with Gasteiger partial charge in [0.25, 0.3) is 0 Å². The number of nitrogen functional groups attached to an aromatic ring is 1. The molecular formula is C24H23NO4. The number of carbonyl (C=O) groups is 2. The molecule has 2 aromatic carbocycles.